The van der Waals surface area contributed by atoms with Gasteiger partial charge in [-0.2, -0.15) is 8.78 Å². The average molecular weight is 435 g/mol. The van der Waals surface area contributed by atoms with Crippen LogP contribution in [-0.2, 0) is 14.3 Å². The SMILES string of the molecule is CCC(C)(C)OC(=O)Oc1ccc(C(=O)OC(c2ccccc2)C(F)(F)C(=O)[O-])cc1. The number of carbonyl (C=O) groups excluding carboxylic acids is 3. The molecule has 0 radical (unpaired) electrons. The Morgan fingerprint density at radius 3 is 2.10 bits per heavy atom. The third-order valence-electron chi connectivity index (χ3n) is 4.43. The van der Waals surface area contributed by atoms with Crippen LogP contribution in [0.25, 0.3) is 0 Å². The number of benzene rings is 2. The molecule has 0 aliphatic heterocycles. The van der Waals surface area contributed by atoms with Crippen molar-refractivity contribution >= 4 is 18.1 Å². The summed E-state index contributed by atoms with van der Waals surface area (Å²) in [5.74, 6) is -8.29. The van der Waals surface area contributed by atoms with E-state index >= 15 is 0 Å². The van der Waals surface area contributed by atoms with Crippen molar-refractivity contribution in [2.24, 2.45) is 0 Å². The second-order valence-corrected chi connectivity index (χ2v) is 7.20. The van der Waals surface area contributed by atoms with Gasteiger partial charge < -0.3 is 24.1 Å². The summed E-state index contributed by atoms with van der Waals surface area (Å²) in [5, 5.41) is 10.9. The molecule has 0 amide bonds. The van der Waals surface area contributed by atoms with E-state index in [1.807, 2.05) is 6.92 Å². The van der Waals surface area contributed by atoms with Crippen LogP contribution in [0.5, 0.6) is 5.75 Å². The molecule has 0 N–H and O–H groups in total. The van der Waals surface area contributed by atoms with Gasteiger partial charge in [0.2, 0.25) is 0 Å². The monoisotopic (exact) mass is 435 g/mol. The van der Waals surface area contributed by atoms with Crippen LogP contribution in [0.1, 0.15) is 49.2 Å². The van der Waals surface area contributed by atoms with Gasteiger partial charge in [0.1, 0.15) is 17.3 Å². The number of ether oxygens (including phenoxy) is 3. The zero-order valence-electron chi connectivity index (χ0n) is 17.1. The van der Waals surface area contributed by atoms with Crippen molar-refractivity contribution in [1.82, 2.24) is 0 Å². The first kappa shape index (κ1) is 23.8. The van der Waals surface area contributed by atoms with Crippen molar-refractivity contribution in [2.75, 3.05) is 0 Å². The van der Waals surface area contributed by atoms with Crippen LogP contribution < -0.4 is 9.84 Å². The molecule has 0 spiro atoms. The fourth-order valence-corrected chi connectivity index (χ4v) is 2.34. The third kappa shape index (κ3) is 6.24. The maximum Gasteiger partial charge on any atom is 0.514 e. The minimum absolute atomic E-state index is 0.0492. The Morgan fingerprint density at radius 2 is 1.58 bits per heavy atom. The fourth-order valence-electron chi connectivity index (χ4n) is 2.34. The lowest BCUT2D eigenvalue weighted by Gasteiger charge is -2.27. The average Bonchev–Trinajstić information content (AvgIpc) is 2.72. The maximum atomic E-state index is 14.1. The summed E-state index contributed by atoms with van der Waals surface area (Å²) in [6.45, 7) is 5.25. The molecule has 0 aliphatic rings. The Hall–Kier alpha value is -3.49. The molecular formula is C22H21F2O7-. The molecule has 7 nitrogen and oxygen atoms in total. The number of hydrogen-bond donors (Lipinski definition) is 0. The van der Waals surface area contributed by atoms with Gasteiger partial charge in [-0.1, -0.05) is 37.3 Å². The number of carbonyl (C=O) groups is 3. The quantitative estimate of drug-likeness (QED) is 0.460. The van der Waals surface area contributed by atoms with E-state index in [1.165, 1.54) is 54.6 Å². The number of carboxylic acid groups (broad SMARTS) is 1. The van der Waals surface area contributed by atoms with Gasteiger partial charge in [0.15, 0.2) is 6.10 Å². The van der Waals surface area contributed by atoms with Gasteiger partial charge in [0, 0.05) is 0 Å². The molecule has 9 heteroatoms. The topological polar surface area (TPSA) is 102 Å². The Bertz CT molecular complexity index is 925. The molecule has 1 unspecified atom stereocenters. The summed E-state index contributed by atoms with van der Waals surface area (Å²) in [5.41, 5.74) is -1.10. The molecule has 0 heterocycles. The van der Waals surface area contributed by atoms with Gasteiger partial charge in [-0.3, -0.25) is 0 Å². The van der Waals surface area contributed by atoms with E-state index in [9.17, 15) is 28.3 Å². The molecule has 0 saturated carbocycles. The summed E-state index contributed by atoms with van der Waals surface area (Å²) in [6.07, 6.45) is -2.78. The zero-order valence-corrected chi connectivity index (χ0v) is 17.1. The number of alkyl halides is 2. The first-order chi connectivity index (χ1) is 14.5. The molecule has 0 fully saturated rings. The van der Waals surface area contributed by atoms with Gasteiger partial charge in [0.05, 0.1) is 5.56 Å². The Morgan fingerprint density at radius 1 is 1.00 bits per heavy atom. The minimum Gasteiger partial charge on any atom is -0.544 e. The van der Waals surface area contributed by atoms with Crippen LogP contribution in [0.3, 0.4) is 0 Å². The second-order valence-electron chi connectivity index (χ2n) is 7.20. The number of esters is 1. The van der Waals surface area contributed by atoms with Crippen molar-refractivity contribution in [3.8, 4) is 5.75 Å². The van der Waals surface area contributed by atoms with E-state index in [2.05, 4.69) is 0 Å². The second kappa shape index (κ2) is 9.55. The highest BCUT2D eigenvalue weighted by Gasteiger charge is 2.45. The lowest BCUT2D eigenvalue weighted by molar-refractivity contribution is -0.336. The molecule has 2 rings (SSSR count). The highest BCUT2D eigenvalue weighted by molar-refractivity contribution is 5.90. The Balaban J connectivity index is 2.14. The summed E-state index contributed by atoms with van der Waals surface area (Å²) in [4.78, 5) is 35.1. The highest BCUT2D eigenvalue weighted by Crippen LogP contribution is 2.35. The van der Waals surface area contributed by atoms with Crippen LogP contribution in [0.15, 0.2) is 54.6 Å². The van der Waals surface area contributed by atoms with Crippen LogP contribution in [0.2, 0.25) is 0 Å². The van der Waals surface area contributed by atoms with Crippen molar-refractivity contribution in [3.05, 3.63) is 65.7 Å². The smallest absolute Gasteiger partial charge is 0.514 e. The Kier molecular flexibility index (Phi) is 7.32. The molecule has 31 heavy (non-hydrogen) atoms. The van der Waals surface area contributed by atoms with Crippen LogP contribution >= 0.6 is 0 Å². The summed E-state index contributed by atoms with van der Waals surface area (Å²) in [7, 11) is 0. The molecule has 1 atom stereocenters. The van der Waals surface area contributed by atoms with Crippen molar-refractivity contribution in [2.45, 2.75) is 44.8 Å². The van der Waals surface area contributed by atoms with E-state index in [0.29, 0.717) is 6.42 Å². The minimum atomic E-state index is -4.46. The lowest BCUT2D eigenvalue weighted by Crippen LogP contribution is -2.47. The molecule has 166 valence electrons. The number of halogens is 2. The van der Waals surface area contributed by atoms with Gasteiger partial charge in [-0.05, 0) is 50.1 Å². The number of rotatable bonds is 8. The van der Waals surface area contributed by atoms with Gasteiger partial charge in [0.25, 0.3) is 0 Å². The molecule has 0 bridgehead atoms. The van der Waals surface area contributed by atoms with Crippen LogP contribution in [0, 0.1) is 0 Å². The van der Waals surface area contributed by atoms with E-state index < -0.39 is 35.7 Å². The predicted molar refractivity (Wildman–Crippen MR) is 102 cm³/mol. The number of aliphatic carboxylic acids is 1. The molecule has 0 saturated heterocycles. The van der Waals surface area contributed by atoms with Crippen LogP contribution in [0.4, 0.5) is 13.6 Å². The van der Waals surface area contributed by atoms with Gasteiger partial charge in [-0.25, -0.2) is 9.59 Å². The van der Waals surface area contributed by atoms with Crippen molar-refractivity contribution in [1.29, 1.82) is 0 Å². The standard InChI is InChI=1S/C22H22F2O7/c1-4-21(2,3)31-20(28)29-16-12-10-15(11-13-16)18(25)30-17(22(23,24)19(26)27)14-8-6-5-7-9-14/h5-13,17H,4H2,1-3H3,(H,26,27)/p-1. The largest absolute Gasteiger partial charge is 0.544 e. The van der Waals surface area contributed by atoms with Crippen molar-refractivity contribution < 1.29 is 42.5 Å². The van der Waals surface area contributed by atoms with Gasteiger partial charge in [-0.15, -0.1) is 0 Å². The molecular weight excluding hydrogens is 414 g/mol. The first-order valence-electron chi connectivity index (χ1n) is 9.32. The molecule has 2 aromatic rings. The lowest BCUT2D eigenvalue weighted by atomic mass is 10.0. The third-order valence-corrected chi connectivity index (χ3v) is 4.43. The number of hydrogen-bond acceptors (Lipinski definition) is 7. The van der Waals surface area contributed by atoms with Crippen molar-refractivity contribution in [3.63, 3.8) is 0 Å². The number of carboxylic acids is 1. The molecule has 2 aromatic carbocycles. The Labute approximate surface area is 177 Å². The fraction of sp³-hybridized carbons (Fsp3) is 0.318. The van der Waals surface area contributed by atoms with E-state index in [-0.39, 0.29) is 16.9 Å². The summed E-state index contributed by atoms with van der Waals surface area (Å²) >= 11 is 0. The maximum absolute atomic E-state index is 14.1. The predicted octanol–water partition coefficient (Wildman–Crippen LogP) is 3.67. The molecule has 0 aliphatic carbocycles. The van der Waals surface area contributed by atoms with Crippen LogP contribution in [-0.4, -0.2) is 29.6 Å². The summed E-state index contributed by atoms with van der Waals surface area (Å²) < 4.78 is 43.2. The van der Waals surface area contributed by atoms with Gasteiger partial charge >= 0.3 is 18.0 Å². The van der Waals surface area contributed by atoms with E-state index in [1.54, 1.807) is 13.8 Å². The molecule has 0 aromatic heterocycles. The zero-order chi connectivity index (χ0) is 23.2. The van der Waals surface area contributed by atoms with E-state index in [4.69, 9.17) is 14.2 Å². The summed E-state index contributed by atoms with van der Waals surface area (Å²) in [6, 6.07) is 11.6. The highest BCUT2D eigenvalue weighted by atomic mass is 19.3. The first-order valence-corrected chi connectivity index (χ1v) is 9.32. The normalized spacial score (nSPS) is 12.5. The van der Waals surface area contributed by atoms with E-state index in [0.717, 1.165) is 0 Å².